The van der Waals surface area contributed by atoms with E-state index in [1.807, 2.05) is 0 Å². The van der Waals surface area contributed by atoms with Crippen LogP contribution in [0.3, 0.4) is 0 Å². The lowest BCUT2D eigenvalue weighted by Crippen LogP contribution is -2.53. The zero-order valence-electron chi connectivity index (χ0n) is 24.9. The lowest BCUT2D eigenvalue weighted by Gasteiger charge is -2.62. The maximum atomic E-state index is 13.1. The topological polar surface area (TPSA) is 20.2 Å². The second-order valence-electron chi connectivity index (χ2n) is 18.3. The van der Waals surface area contributed by atoms with Crippen LogP contribution in [0.1, 0.15) is 143 Å². The molecule has 13 rings (SSSR count). The number of phenolic OH excluding ortho intramolecular Hbond substituents is 1. The highest BCUT2D eigenvalue weighted by Crippen LogP contribution is 2.70. The molecule has 0 radical (unpaired) electrons. The summed E-state index contributed by atoms with van der Waals surface area (Å²) in [6.45, 7) is 5.05. The van der Waals surface area contributed by atoms with Crippen LogP contribution in [0.4, 0.5) is 0 Å². The molecule has 0 saturated heterocycles. The first kappa shape index (κ1) is 23.6. The van der Waals surface area contributed by atoms with E-state index in [1.165, 1.54) is 121 Å². The summed E-state index contributed by atoms with van der Waals surface area (Å²) in [6, 6.07) is 0. The highest BCUT2D eigenvalue weighted by atomic mass is 16.3. The Hall–Kier alpha value is -0.980. The van der Waals surface area contributed by atoms with Gasteiger partial charge in [0.2, 0.25) is 0 Å². The van der Waals surface area contributed by atoms with E-state index in [0.717, 1.165) is 59.0 Å². The Balaban J connectivity index is 1.22. The third-order valence-electron chi connectivity index (χ3n) is 15.7. The average Bonchev–Trinajstić information content (AvgIpc) is 2.83. The minimum absolute atomic E-state index is 0.282. The fourth-order valence-corrected chi connectivity index (χ4v) is 16.1. The van der Waals surface area contributed by atoms with E-state index < -0.39 is 0 Å². The zero-order valence-corrected chi connectivity index (χ0v) is 24.9. The van der Waals surface area contributed by atoms with Gasteiger partial charge in [-0.1, -0.05) is 0 Å². The highest BCUT2D eigenvalue weighted by Gasteiger charge is 2.60. The van der Waals surface area contributed by atoms with Gasteiger partial charge in [0.05, 0.1) is 0 Å². The van der Waals surface area contributed by atoms with Crippen LogP contribution in [-0.2, 0) is 16.2 Å². The van der Waals surface area contributed by atoms with E-state index >= 15 is 0 Å². The summed E-state index contributed by atoms with van der Waals surface area (Å²) in [6.07, 6.45) is 26.2. The maximum Gasteiger partial charge on any atom is 0.123 e. The van der Waals surface area contributed by atoms with Gasteiger partial charge in [0.25, 0.3) is 0 Å². The summed E-state index contributed by atoms with van der Waals surface area (Å²) in [5.74, 6) is 9.38. The maximum absolute atomic E-state index is 13.1. The number of benzene rings is 1. The van der Waals surface area contributed by atoms with Gasteiger partial charge in [0.15, 0.2) is 0 Å². The minimum Gasteiger partial charge on any atom is -0.507 e. The molecule has 1 nitrogen and oxygen atoms in total. The van der Waals surface area contributed by atoms with E-state index in [1.54, 1.807) is 22.3 Å². The SMILES string of the molecule is Cc1c(C)c(C23CC4CC(CC(C4)C2)C3)c(C23CC4CC(CC(C4)C2)C3)c(O)c1C12CC3CC(CC(C3)C1)C2. The van der Waals surface area contributed by atoms with Crippen LogP contribution in [0, 0.1) is 67.1 Å². The molecule has 0 atom stereocenters. The molecule has 1 aromatic carbocycles. The molecule has 39 heavy (non-hydrogen) atoms. The molecule has 12 bridgehead atoms. The molecule has 12 saturated carbocycles. The monoisotopic (exact) mass is 524 g/mol. The molecule has 210 valence electrons. The fourth-order valence-electron chi connectivity index (χ4n) is 16.1. The lowest BCUT2D eigenvalue weighted by atomic mass is 9.42. The number of rotatable bonds is 3. The molecule has 1 N–H and O–H groups in total. The van der Waals surface area contributed by atoms with Gasteiger partial charge < -0.3 is 5.11 Å². The van der Waals surface area contributed by atoms with Crippen LogP contribution in [0.2, 0.25) is 0 Å². The Morgan fingerprint density at radius 1 is 0.385 bits per heavy atom. The van der Waals surface area contributed by atoms with Crippen molar-refractivity contribution in [1.82, 2.24) is 0 Å². The summed E-state index contributed by atoms with van der Waals surface area (Å²) in [4.78, 5) is 0. The molecule has 0 spiro atoms. The van der Waals surface area contributed by atoms with Crippen molar-refractivity contribution in [2.24, 2.45) is 53.3 Å². The van der Waals surface area contributed by atoms with Gasteiger partial charge in [0.1, 0.15) is 5.75 Å². The fraction of sp³-hybridized carbons (Fsp3) is 0.842. The van der Waals surface area contributed by atoms with Gasteiger partial charge in [-0.2, -0.15) is 0 Å². The van der Waals surface area contributed by atoms with Crippen LogP contribution < -0.4 is 0 Å². The van der Waals surface area contributed by atoms with Crippen LogP contribution in [0.15, 0.2) is 0 Å². The van der Waals surface area contributed by atoms with Crippen molar-refractivity contribution in [3.63, 3.8) is 0 Å². The van der Waals surface area contributed by atoms with Crippen molar-refractivity contribution in [2.45, 2.75) is 146 Å². The van der Waals surface area contributed by atoms with E-state index in [9.17, 15) is 5.11 Å². The number of aromatic hydroxyl groups is 1. The molecule has 0 unspecified atom stereocenters. The van der Waals surface area contributed by atoms with Crippen molar-refractivity contribution < 1.29 is 5.11 Å². The Morgan fingerprint density at radius 3 is 0.923 bits per heavy atom. The van der Waals surface area contributed by atoms with Crippen molar-refractivity contribution in [3.8, 4) is 5.75 Å². The summed E-state index contributed by atoms with van der Waals surface area (Å²) < 4.78 is 0. The predicted octanol–water partition coefficient (Wildman–Crippen LogP) is 9.41. The third kappa shape index (κ3) is 3.05. The Labute approximate surface area is 237 Å². The normalized spacial score (nSPS) is 53.7. The van der Waals surface area contributed by atoms with Gasteiger partial charge in [-0.25, -0.2) is 0 Å². The first-order valence-electron chi connectivity index (χ1n) is 17.7. The second-order valence-corrected chi connectivity index (χ2v) is 18.3. The second kappa shape index (κ2) is 7.50. The number of hydrogen-bond acceptors (Lipinski definition) is 1. The average molecular weight is 525 g/mol. The largest absolute Gasteiger partial charge is 0.507 e. The molecule has 0 aromatic heterocycles. The standard InChI is InChI=1S/C38H52O/c1-21-22(2)33(37-15-26-6-27(16-37)8-28(7-26)17-37)35(39)34(38-18-29-9-30(19-38)11-31(10-29)20-38)32(21)36-12-23-3-24(13-36)5-25(4-23)14-36/h23-31,39H,3-20H2,1-2H3. The smallest absolute Gasteiger partial charge is 0.123 e. The molecule has 12 aliphatic carbocycles. The Kier molecular flexibility index (Phi) is 4.53. The van der Waals surface area contributed by atoms with Gasteiger partial charge in [0, 0.05) is 22.0 Å². The Bertz CT molecular complexity index is 1140. The van der Waals surface area contributed by atoms with Gasteiger partial charge in [-0.15, -0.1) is 0 Å². The summed E-state index contributed by atoms with van der Waals surface area (Å²) >= 11 is 0. The zero-order chi connectivity index (χ0) is 25.9. The van der Waals surface area contributed by atoms with Crippen molar-refractivity contribution >= 4 is 0 Å². The molecule has 12 fully saturated rings. The number of hydrogen-bond donors (Lipinski definition) is 1. The lowest BCUT2D eigenvalue weighted by molar-refractivity contribution is -0.0200. The van der Waals surface area contributed by atoms with Crippen molar-refractivity contribution in [1.29, 1.82) is 0 Å². The molecule has 0 heterocycles. The summed E-state index contributed by atoms with van der Waals surface area (Å²) in [7, 11) is 0. The van der Waals surface area contributed by atoms with Crippen LogP contribution in [0.25, 0.3) is 0 Å². The first-order chi connectivity index (χ1) is 18.8. The molecule has 1 aromatic rings. The van der Waals surface area contributed by atoms with Gasteiger partial charge in [-0.05, 0) is 205 Å². The molecule has 1 heteroatoms. The van der Waals surface area contributed by atoms with Gasteiger partial charge >= 0.3 is 0 Å². The summed E-state index contributed by atoms with van der Waals surface area (Å²) in [5.41, 5.74) is 9.06. The number of phenols is 1. The van der Waals surface area contributed by atoms with Crippen LogP contribution in [-0.4, -0.2) is 5.11 Å². The molecule has 12 aliphatic rings. The molecule has 0 amide bonds. The Morgan fingerprint density at radius 2 is 0.615 bits per heavy atom. The minimum atomic E-state index is 0.282. The van der Waals surface area contributed by atoms with E-state index in [0.29, 0.717) is 5.41 Å². The predicted molar refractivity (Wildman–Crippen MR) is 157 cm³/mol. The van der Waals surface area contributed by atoms with E-state index in [2.05, 4.69) is 13.8 Å². The quantitative estimate of drug-likeness (QED) is 0.417. The third-order valence-corrected chi connectivity index (χ3v) is 15.7. The van der Waals surface area contributed by atoms with Crippen LogP contribution >= 0.6 is 0 Å². The van der Waals surface area contributed by atoms with E-state index in [4.69, 9.17) is 0 Å². The van der Waals surface area contributed by atoms with Gasteiger partial charge in [-0.3, -0.25) is 0 Å². The highest BCUT2D eigenvalue weighted by molar-refractivity contribution is 5.63. The van der Waals surface area contributed by atoms with Crippen molar-refractivity contribution in [2.75, 3.05) is 0 Å². The van der Waals surface area contributed by atoms with Crippen molar-refractivity contribution in [3.05, 3.63) is 27.8 Å². The van der Waals surface area contributed by atoms with E-state index in [-0.39, 0.29) is 10.8 Å². The van der Waals surface area contributed by atoms with Crippen LogP contribution in [0.5, 0.6) is 5.75 Å². The summed E-state index contributed by atoms with van der Waals surface area (Å²) in [5, 5.41) is 13.1. The molecular weight excluding hydrogens is 472 g/mol. The first-order valence-corrected chi connectivity index (χ1v) is 17.7. The molecule has 0 aliphatic heterocycles. The molecular formula is C38H52O.